The molecule has 0 amide bonds. The molecule has 0 spiro atoms. The van der Waals surface area contributed by atoms with E-state index in [-0.39, 0.29) is 17.0 Å². The summed E-state index contributed by atoms with van der Waals surface area (Å²) in [5, 5.41) is 3.96. The van der Waals surface area contributed by atoms with Gasteiger partial charge in [0.15, 0.2) is 11.4 Å². The third-order valence-corrected chi connectivity index (χ3v) is 3.05. The lowest BCUT2D eigenvalue weighted by Gasteiger charge is -2.09. The van der Waals surface area contributed by atoms with Gasteiger partial charge < -0.3 is 4.74 Å². The first-order chi connectivity index (χ1) is 9.51. The van der Waals surface area contributed by atoms with E-state index in [2.05, 4.69) is 5.10 Å². The van der Waals surface area contributed by atoms with Gasteiger partial charge in [0.2, 0.25) is 5.78 Å². The van der Waals surface area contributed by atoms with Crippen LogP contribution in [0.15, 0.2) is 18.3 Å². The molecule has 20 heavy (non-hydrogen) atoms. The Morgan fingerprint density at radius 3 is 2.70 bits per heavy atom. The smallest absolute Gasteiger partial charge is 0.220 e. The molecular formula is C14H14F2N2O2. The highest BCUT2D eigenvalue weighted by Crippen LogP contribution is 2.25. The van der Waals surface area contributed by atoms with E-state index >= 15 is 0 Å². The first kappa shape index (κ1) is 14.2. The average molecular weight is 280 g/mol. The number of ether oxygens (including phenoxy) is 1. The van der Waals surface area contributed by atoms with E-state index in [0.717, 1.165) is 6.07 Å². The summed E-state index contributed by atoms with van der Waals surface area (Å²) >= 11 is 0. The number of aromatic nitrogens is 2. The molecule has 0 atom stereocenters. The van der Waals surface area contributed by atoms with Crippen LogP contribution in [0.1, 0.15) is 28.5 Å². The maximum atomic E-state index is 14.0. The van der Waals surface area contributed by atoms with Crippen molar-refractivity contribution in [3.05, 3.63) is 46.8 Å². The zero-order valence-electron chi connectivity index (χ0n) is 11.4. The zero-order valence-corrected chi connectivity index (χ0v) is 11.4. The number of methoxy groups -OCH3 is 1. The maximum Gasteiger partial charge on any atom is 0.220 e. The molecule has 2 aromatic rings. The van der Waals surface area contributed by atoms with Gasteiger partial charge >= 0.3 is 0 Å². The van der Waals surface area contributed by atoms with Crippen LogP contribution in [0, 0.1) is 18.6 Å². The lowest BCUT2D eigenvalue weighted by atomic mass is 10.0. The molecule has 0 aliphatic heterocycles. The summed E-state index contributed by atoms with van der Waals surface area (Å²) in [6, 6.07) is 2.36. The van der Waals surface area contributed by atoms with E-state index in [4.69, 9.17) is 4.74 Å². The number of halogens is 2. The molecule has 1 aromatic heterocycles. The SMILES string of the molecule is CCn1ncc(OC)c1C(=O)c1c(F)ccc(C)c1F. The van der Waals surface area contributed by atoms with Crippen molar-refractivity contribution in [3.63, 3.8) is 0 Å². The molecule has 0 bridgehead atoms. The number of nitrogens with zero attached hydrogens (tertiary/aromatic N) is 2. The predicted octanol–water partition coefficient (Wildman–Crippen LogP) is 2.73. The van der Waals surface area contributed by atoms with Gasteiger partial charge in [0.25, 0.3) is 0 Å². The molecular weight excluding hydrogens is 266 g/mol. The van der Waals surface area contributed by atoms with E-state index in [1.165, 1.54) is 31.0 Å². The van der Waals surface area contributed by atoms with Crippen molar-refractivity contribution in [2.24, 2.45) is 0 Å². The van der Waals surface area contributed by atoms with Crippen LogP contribution in [-0.2, 0) is 6.54 Å². The molecule has 0 fully saturated rings. The maximum absolute atomic E-state index is 14.0. The molecule has 1 aromatic carbocycles. The molecule has 106 valence electrons. The number of carbonyl (C=O) groups is 1. The number of benzene rings is 1. The van der Waals surface area contributed by atoms with Gasteiger partial charge in [-0.05, 0) is 25.5 Å². The largest absolute Gasteiger partial charge is 0.493 e. The molecule has 2 rings (SSSR count). The second-order valence-corrected chi connectivity index (χ2v) is 4.26. The van der Waals surface area contributed by atoms with Crippen molar-refractivity contribution in [2.45, 2.75) is 20.4 Å². The fourth-order valence-corrected chi connectivity index (χ4v) is 1.97. The molecule has 0 saturated carbocycles. The molecule has 0 aliphatic rings. The number of rotatable bonds is 4. The Morgan fingerprint density at radius 1 is 1.40 bits per heavy atom. The second kappa shape index (κ2) is 5.40. The molecule has 0 radical (unpaired) electrons. The van der Waals surface area contributed by atoms with E-state index < -0.39 is 23.0 Å². The highest BCUT2D eigenvalue weighted by atomic mass is 19.1. The van der Waals surface area contributed by atoms with Crippen LogP contribution in [-0.4, -0.2) is 22.7 Å². The van der Waals surface area contributed by atoms with Crippen LogP contribution in [0.2, 0.25) is 0 Å². The molecule has 0 aliphatic carbocycles. The summed E-state index contributed by atoms with van der Waals surface area (Å²) in [6.45, 7) is 3.63. The number of aryl methyl sites for hydroxylation is 2. The Labute approximate surface area is 115 Å². The summed E-state index contributed by atoms with van der Waals surface area (Å²) in [6.07, 6.45) is 1.35. The molecule has 4 nitrogen and oxygen atoms in total. The standard InChI is InChI=1S/C14H14F2N2O2/c1-4-18-13(10(20-3)7-17-18)14(19)11-9(15)6-5-8(2)12(11)16/h5-7H,4H2,1-3H3. The van der Waals surface area contributed by atoms with Crippen molar-refractivity contribution >= 4 is 5.78 Å². The van der Waals surface area contributed by atoms with Crippen LogP contribution in [0.4, 0.5) is 8.78 Å². The Balaban J connectivity index is 2.63. The van der Waals surface area contributed by atoms with Crippen molar-refractivity contribution in [2.75, 3.05) is 7.11 Å². The van der Waals surface area contributed by atoms with Gasteiger partial charge in [0.05, 0.1) is 18.9 Å². The Bertz CT molecular complexity index is 644. The quantitative estimate of drug-likeness (QED) is 0.809. The highest BCUT2D eigenvalue weighted by Gasteiger charge is 2.26. The summed E-state index contributed by atoms with van der Waals surface area (Å²) in [7, 11) is 1.37. The summed E-state index contributed by atoms with van der Waals surface area (Å²) in [4.78, 5) is 12.4. The van der Waals surface area contributed by atoms with Gasteiger partial charge in [0.1, 0.15) is 11.6 Å². The van der Waals surface area contributed by atoms with Crippen molar-refractivity contribution < 1.29 is 18.3 Å². The van der Waals surface area contributed by atoms with Gasteiger partial charge in [0, 0.05) is 6.54 Å². The minimum absolute atomic E-state index is 0.0402. The fourth-order valence-electron chi connectivity index (χ4n) is 1.97. The number of hydrogen-bond donors (Lipinski definition) is 0. The predicted molar refractivity (Wildman–Crippen MR) is 69.0 cm³/mol. The first-order valence-electron chi connectivity index (χ1n) is 6.10. The zero-order chi connectivity index (χ0) is 14.9. The van der Waals surface area contributed by atoms with Crippen LogP contribution < -0.4 is 4.74 Å². The second-order valence-electron chi connectivity index (χ2n) is 4.26. The molecule has 0 unspecified atom stereocenters. The molecule has 0 N–H and O–H groups in total. The third kappa shape index (κ3) is 2.17. The van der Waals surface area contributed by atoms with Crippen LogP contribution in [0.3, 0.4) is 0 Å². The normalized spacial score (nSPS) is 10.7. The van der Waals surface area contributed by atoms with Gasteiger partial charge in [-0.25, -0.2) is 8.78 Å². The van der Waals surface area contributed by atoms with E-state index in [1.807, 2.05) is 0 Å². The number of hydrogen-bond acceptors (Lipinski definition) is 3. The Kier molecular flexibility index (Phi) is 3.83. The molecule has 0 saturated heterocycles. The first-order valence-corrected chi connectivity index (χ1v) is 6.10. The monoisotopic (exact) mass is 280 g/mol. The average Bonchev–Trinajstić information content (AvgIpc) is 2.86. The fraction of sp³-hybridized carbons (Fsp3) is 0.286. The minimum atomic E-state index is -0.899. The van der Waals surface area contributed by atoms with Gasteiger partial charge in [-0.15, -0.1) is 0 Å². The van der Waals surface area contributed by atoms with Gasteiger partial charge in [-0.2, -0.15) is 5.10 Å². The van der Waals surface area contributed by atoms with E-state index in [9.17, 15) is 13.6 Å². The van der Waals surface area contributed by atoms with Crippen molar-refractivity contribution in [3.8, 4) is 5.75 Å². The summed E-state index contributed by atoms with van der Waals surface area (Å²) in [5.74, 6) is -2.35. The number of carbonyl (C=O) groups excluding carboxylic acids is 1. The van der Waals surface area contributed by atoms with Crippen molar-refractivity contribution in [1.82, 2.24) is 9.78 Å². The van der Waals surface area contributed by atoms with Gasteiger partial charge in [-0.1, -0.05) is 6.07 Å². The van der Waals surface area contributed by atoms with Gasteiger partial charge in [-0.3, -0.25) is 9.48 Å². The minimum Gasteiger partial charge on any atom is -0.493 e. The van der Waals surface area contributed by atoms with Crippen LogP contribution >= 0.6 is 0 Å². The van der Waals surface area contributed by atoms with E-state index in [1.54, 1.807) is 6.92 Å². The van der Waals surface area contributed by atoms with Crippen LogP contribution in [0.25, 0.3) is 0 Å². The Morgan fingerprint density at radius 2 is 2.10 bits per heavy atom. The summed E-state index contributed by atoms with van der Waals surface area (Å²) in [5.41, 5.74) is -0.340. The highest BCUT2D eigenvalue weighted by molar-refractivity contribution is 6.10. The van der Waals surface area contributed by atoms with Crippen molar-refractivity contribution in [1.29, 1.82) is 0 Å². The van der Waals surface area contributed by atoms with Crippen LogP contribution in [0.5, 0.6) is 5.75 Å². The summed E-state index contributed by atoms with van der Waals surface area (Å²) < 4.78 is 34.2. The molecule has 1 heterocycles. The lowest BCUT2D eigenvalue weighted by molar-refractivity contribution is 0.101. The topological polar surface area (TPSA) is 44.1 Å². The van der Waals surface area contributed by atoms with E-state index in [0.29, 0.717) is 6.54 Å². The third-order valence-electron chi connectivity index (χ3n) is 3.05. The number of ketones is 1. The Hall–Kier alpha value is -2.24. The lowest BCUT2D eigenvalue weighted by Crippen LogP contribution is -2.15. The molecule has 6 heteroatoms.